The SMILES string of the molecule is O=C(NC1c2ccccc2-c2ccccc21)C1N(C(=O)CCCl)c2ccccc2C12CCCCC2. The molecule has 2 amide bonds. The summed E-state index contributed by atoms with van der Waals surface area (Å²) >= 11 is 6.01. The van der Waals surface area contributed by atoms with Gasteiger partial charge < -0.3 is 5.32 Å². The highest BCUT2D eigenvalue weighted by atomic mass is 35.5. The maximum Gasteiger partial charge on any atom is 0.244 e. The van der Waals surface area contributed by atoms with E-state index in [-0.39, 0.29) is 35.6 Å². The number of anilines is 1. The number of rotatable bonds is 4. The second kappa shape index (κ2) is 8.83. The summed E-state index contributed by atoms with van der Waals surface area (Å²) in [7, 11) is 0. The summed E-state index contributed by atoms with van der Waals surface area (Å²) < 4.78 is 0. The van der Waals surface area contributed by atoms with Crippen LogP contribution in [0.1, 0.15) is 61.3 Å². The van der Waals surface area contributed by atoms with Gasteiger partial charge in [-0.1, -0.05) is 86.0 Å². The van der Waals surface area contributed by atoms with Crippen LogP contribution in [0.2, 0.25) is 0 Å². The Bertz CT molecular complexity index is 1250. The minimum Gasteiger partial charge on any atom is -0.343 e. The van der Waals surface area contributed by atoms with Gasteiger partial charge in [-0.3, -0.25) is 14.5 Å². The lowest BCUT2D eigenvalue weighted by Gasteiger charge is -2.41. The zero-order chi connectivity index (χ0) is 24.0. The molecule has 1 unspecified atom stereocenters. The molecule has 0 radical (unpaired) electrons. The number of para-hydroxylation sites is 1. The van der Waals surface area contributed by atoms with Crippen LogP contribution in [0.3, 0.4) is 0 Å². The van der Waals surface area contributed by atoms with Gasteiger partial charge in [0.05, 0.1) is 6.04 Å². The third-order valence-electron chi connectivity index (χ3n) is 8.17. The van der Waals surface area contributed by atoms with Crippen molar-refractivity contribution >= 4 is 29.1 Å². The number of carbonyl (C=O) groups excluding carboxylic acids is 2. The highest BCUT2D eigenvalue weighted by molar-refractivity contribution is 6.19. The average molecular weight is 485 g/mol. The van der Waals surface area contributed by atoms with Crippen LogP contribution in [0, 0.1) is 0 Å². The van der Waals surface area contributed by atoms with Crippen molar-refractivity contribution in [1.82, 2.24) is 5.32 Å². The monoisotopic (exact) mass is 484 g/mol. The quantitative estimate of drug-likeness (QED) is 0.453. The number of halogens is 1. The molecule has 1 heterocycles. The van der Waals surface area contributed by atoms with Crippen LogP contribution >= 0.6 is 11.6 Å². The molecule has 1 atom stereocenters. The van der Waals surface area contributed by atoms with Crippen molar-refractivity contribution in [2.75, 3.05) is 10.8 Å². The predicted octanol–water partition coefficient (Wildman–Crippen LogP) is 6.12. The summed E-state index contributed by atoms with van der Waals surface area (Å²) in [5.74, 6) is 0.0761. The highest BCUT2D eigenvalue weighted by Gasteiger charge is 2.56. The fraction of sp³-hybridized carbons (Fsp3) is 0.333. The topological polar surface area (TPSA) is 49.4 Å². The first-order valence-electron chi connectivity index (χ1n) is 12.6. The molecule has 0 aromatic heterocycles. The smallest absolute Gasteiger partial charge is 0.244 e. The van der Waals surface area contributed by atoms with Gasteiger partial charge in [-0.2, -0.15) is 0 Å². The zero-order valence-corrected chi connectivity index (χ0v) is 20.4. The number of hydrogen-bond acceptors (Lipinski definition) is 2. The fourth-order valence-corrected chi connectivity index (χ4v) is 6.91. The van der Waals surface area contributed by atoms with Crippen LogP contribution in [-0.4, -0.2) is 23.7 Å². The third-order valence-corrected chi connectivity index (χ3v) is 8.36. The number of benzene rings is 3. The number of fused-ring (bicyclic) bond motifs is 5. The molecule has 1 aliphatic heterocycles. The van der Waals surface area contributed by atoms with E-state index in [1.165, 1.54) is 0 Å². The van der Waals surface area contributed by atoms with Gasteiger partial charge in [0.1, 0.15) is 6.04 Å². The second-order valence-electron chi connectivity index (χ2n) is 9.96. The molecule has 2 aliphatic carbocycles. The minimum atomic E-state index is -0.573. The average Bonchev–Trinajstić information content (AvgIpc) is 3.36. The summed E-state index contributed by atoms with van der Waals surface area (Å²) in [5, 5.41) is 3.40. The first-order chi connectivity index (χ1) is 17.2. The molecule has 1 fully saturated rings. The van der Waals surface area contributed by atoms with E-state index in [0.29, 0.717) is 0 Å². The second-order valence-corrected chi connectivity index (χ2v) is 10.3. The largest absolute Gasteiger partial charge is 0.343 e. The van der Waals surface area contributed by atoms with E-state index in [9.17, 15) is 9.59 Å². The van der Waals surface area contributed by atoms with Crippen molar-refractivity contribution in [3.8, 4) is 11.1 Å². The van der Waals surface area contributed by atoms with Gasteiger partial charge in [-0.05, 0) is 46.7 Å². The molecule has 1 saturated carbocycles. The Labute approximate surface area is 211 Å². The van der Waals surface area contributed by atoms with E-state index in [4.69, 9.17) is 11.6 Å². The fourth-order valence-electron chi connectivity index (χ4n) is 6.74. The van der Waals surface area contributed by atoms with Crippen molar-refractivity contribution in [2.24, 2.45) is 0 Å². The first-order valence-corrected chi connectivity index (χ1v) is 13.2. The lowest BCUT2D eigenvalue weighted by atomic mass is 9.66. The van der Waals surface area contributed by atoms with Crippen molar-refractivity contribution < 1.29 is 9.59 Å². The lowest BCUT2D eigenvalue weighted by molar-refractivity contribution is -0.128. The first kappa shape index (κ1) is 22.4. The molecule has 0 bridgehead atoms. The number of nitrogens with one attached hydrogen (secondary N) is 1. The standard InChI is InChI=1S/C30H29ClN2O2/c31-19-16-26(34)33-25-15-7-6-14-24(25)30(17-8-1-9-18-30)28(33)29(35)32-27-22-12-4-2-10-20(22)21-11-3-5-13-23(21)27/h2-7,10-15,27-28H,1,8-9,16-19H2,(H,32,35). The summed E-state index contributed by atoms with van der Waals surface area (Å²) in [5.41, 5.74) is 6.17. The number of carbonyl (C=O) groups is 2. The normalized spacial score (nSPS) is 19.8. The van der Waals surface area contributed by atoms with E-state index < -0.39 is 6.04 Å². The molecule has 1 N–H and O–H groups in total. The Morgan fingerprint density at radius 1 is 0.857 bits per heavy atom. The van der Waals surface area contributed by atoms with Crippen LogP contribution in [0.5, 0.6) is 0 Å². The number of amides is 2. The maximum absolute atomic E-state index is 14.3. The maximum atomic E-state index is 14.3. The summed E-state index contributed by atoms with van der Waals surface area (Å²) in [4.78, 5) is 29.6. The summed E-state index contributed by atoms with van der Waals surface area (Å²) in [6.07, 6.45) is 5.31. The van der Waals surface area contributed by atoms with Crippen LogP contribution < -0.4 is 10.2 Å². The lowest BCUT2D eigenvalue weighted by Crippen LogP contribution is -2.57. The van der Waals surface area contributed by atoms with Crippen LogP contribution in [-0.2, 0) is 15.0 Å². The Morgan fingerprint density at radius 3 is 2.11 bits per heavy atom. The molecule has 4 nitrogen and oxygen atoms in total. The van der Waals surface area contributed by atoms with Gasteiger partial charge in [-0.15, -0.1) is 11.6 Å². The summed E-state index contributed by atoms with van der Waals surface area (Å²) in [6.45, 7) is 0. The zero-order valence-electron chi connectivity index (χ0n) is 19.7. The molecule has 178 valence electrons. The van der Waals surface area contributed by atoms with Gasteiger partial charge in [0, 0.05) is 23.4 Å². The van der Waals surface area contributed by atoms with Crippen molar-refractivity contribution in [1.29, 1.82) is 0 Å². The Hall–Kier alpha value is -3.11. The summed E-state index contributed by atoms with van der Waals surface area (Å²) in [6, 6.07) is 23.8. The van der Waals surface area contributed by atoms with Gasteiger partial charge in [0.15, 0.2) is 0 Å². The molecule has 3 aromatic rings. The van der Waals surface area contributed by atoms with Crippen LogP contribution in [0.15, 0.2) is 72.8 Å². The Kier molecular flexibility index (Phi) is 5.64. The third kappa shape index (κ3) is 3.41. The molecule has 3 aliphatic rings. The molecule has 5 heteroatoms. The molecule has 35 heavy (non-hydrogen) atoms. The van der Waals surface area contributed by atoms with Crippen molar-refractivity contribution in [3.63, 3.8) is 0 Å². The Morgan fingerprint density at radius 2 is 1.46 bits per heavy atom. The molecule has 1 spiro atoms. The minimum absolute atomic E-state index is 0.0810. The van der Waals surface area contributed by atoms with Gasteiger partial charge in [-0.25, -0.2) is 0 Å². The van der Waals surface area contributed by atoms with Crippen molar-refractivity contribution in [2.45, 2.75) is 56.0 Å². The van der Waals surface area contributed by atoms with E-state index in [1.54, 1.807) is 4.90 Å². The molecule has 3 aromatic carbocycles. The van der Waals surface area contributed by atoms with E-state index in [2.05, 4.69) is 35.6 Å². The number of nitrogens with zero attached hydrogens (tertiary/aromatic N) is 1. The molecular weight excluding hydrogens is 456 g/mol. The molecule has 6 rings (SSSR count). The predicted molar refractivity (Wildman–Crippen MR) is 140 cm³/mol. The number of alkyl halides is 1. The highest BCUT2D eigenvalue weighted by Crippen LogP contribution is 2.54. The van der Waals surface area contributed by atoms with Gasteiger partial charge >= 0.3 is 0 Å². The molecule has 0 saturated heterocycles. The van der Waals surface area contributed by atoms with Gasteiger partial charge in [0.25, 0.3) is 0 Å². The Balaban J connectivity index is 1.44. The van der Waals surface area contributed by atoms with Gasteiger partial charge in [0.2, 0.25) is 11.8 Å². The van der Waals surface area contributed by atoms with E-state index in [0.717, 1.165) is 65.6 Å². The molecular formula is C30H29ClN2O2. The van der Waals surface area contributed by atoms with E-state index in [1.807, 2.05) is 42.5 Å². The van der Waals surface area contributed by atoms with E-state index >= 15 is 0 Å². The number of hydrogen-bond donors (Lipinski definition) is 1. The van der Waals surface area contributed by atoms with Crippen LogP contribution in [0.25, 0.3) is 11.1 Å². The van der Waals surface area contributed by atoms with Crippen molar-refractivity contribution in [3.05, 3.63) is 89.5 Å². The van der Waals surface area contributed by atoms with Crippen LogP contribution in [0.4, 0.5) is 5.69 Å².